The van der Waals surface area contributed by atoms with E-state index in [2.05, 4.69) is 66.2 Å². The van der Waals surface area contributed by atoms with Crippen LogP contribution in [0, 0.1) is 5.82 Å². The Balaban J connectivity index is 1.53. The quantitative estimate of drug-likeness (QED) is 0.217. The van der Waals surface area contributed by atoms with E-state index in [1.54, 1.807) is 0 Å². The number of benzene rings is 5. The Bertz CT molecular complexity index is 1930. The van der Waals surface area contributed by atoms with Crippen LogP contribution < -0.4 is 0 Å². The van der Waals surface area contributed by atoms with Gasteiger partial charge in [0.1, 0.15) is 11.6 Å². The average Bonchev–Trinajstić information content (AvgIpc) is 3.53. The van der Waals surface area contributed by atoms with Crippen molar-refractivity contribution >= 4 is 28.1 Å². The van der Waals surface area contributed by atoms with Crippen LogP contribution in [0.2, 0.25) is 0 Å². The Hall–Kier alpha value is -5.22. The third kappa shape index (κ3) is 4.44. The summed E-state index contributed by atoms with van der Waals surface area (Å²) in [6.07, 6.45) is 0. The Labute approximate surface area is 238 Å². The first-order valence-electron chi connectivity index (χ1n) is 13.7. The molecule has 0 unspecified atom stereocenters. The highest BCUT2D eigenvalue weighted by atomic mass is 19.1. The zero-order valence-electron chi connectivity index (χ0n) is 22.6. The van der Waals surface area contributed by atoms with Crippen molar-refractivity contribution in [2.75, 3.05) is 0 Å². The fraction of sp³-hybridized carbons (Fsp3) is 0.0541. The molecule has 5 aromatic carbocycles. The normalized spacial score (nSPS) is 14.7. The van der Waals surface area contributed by atoms with E-state index in [9.17, 15) is 4.39 Å². The maximum Gasteiger partial charge on any atom is 0.223 e. The van der Waals surface area contributed by atoms with Gasteiger partial charge in [0.25, 0.3) is 0 Å². The molecule has 2 heterocycles. The van der Waals surface area contributed by atoms with Gasteiger partial charge in [0.05, 0.1) is 12.2 Å². The van der Waals surface area contributed by atoms with Crippen LogP contribution in [0.15, 0.2) is 138 Å². The third-order valence-electron chi connectivity index (χ3n) is 7.61. The van der Waals surface area contributed by atoms with E-state index in [1.807, 2.05) is 66.7 Å². The van der Waals surface area contributed by atoms with Crippen LogP contribution in [0.3, 0.4) is 0 Å². The highest BCUT2D eigenvalue weighted by Gasteiger charge is 2.31. The number of aliphatic imine (C=N–C) groups is 1. The SMILES string of the molecule is Cn1c(-c2ccc(F)cc2)c(/C(=C2\OC(=NCc3ccccc3)c3ccccc32)c2ccccc2)c2ccccc21. The highest BCUT2D eigenvalue weighted by Crippen LogP contribution is 2.46. The summed E-state index contributed by atoms with van der Waals surface area (Å²) in [5.74, 6) is 1.11. The second kappa shape index (κ2) is 10.4. The van der Waals surface area contributed by atoms with Crippen molar-refractivity contribution in [1.82, 2.24) is 4.57 Å². The maximum atomic E-state index is 14.0. The molecule has 0 spiro atoms. The molecule has 0 aliphatic carbocycles. The van der Waals surface area contributed by atoms with E-state index in [4.69, 9.17) is 9.73 Å². The molecular formula is C37H27FN2O. The number of rotatable bonds is 5. The Morgan fingerprint density at radius 3 is 2.10 bits per heavy atom. The Morgan fingerprint density at radius 1 is 0.707 bits per heavy atom. The third-order valence-corrected chi connectivity index (χ3v) is 7.61. The van der Waals surface area contributed by atoms with Crippen molar-refractivity contribution in [2.45, 2.75) is 6.54 Å². The van der Waals surface area contributed by atoms with E-state index in [1.165, 1.54) is 12.1 Å². The van der Waals surface area contributed by atoms with E-state index in [0.717, 1.165) is 61.3 Å². The summed E-state index contributed by atoms with van der Waals surface area (Å²) in [5, 5.41) is 1.09. The van der Waals surface area contributed by atoms with Crippen molar-refractivity contribution in [1.29, 1.82) is 0 Å². The van der Waals surface area contributed by atoms with Crippen molar-refractivity contribution in [3.8, 4) is 11.3 Å². The molecule has 0 saturated heterocycles. The van der Waals surface area contributed by atoms with Gasteiger partial charge in [0.15, 0.2) is 0 Å². The molecule has 0 bridgehead atoms. The summed E-state index contributed by atoms with van der Waals surface area (Å²) in [4.78, 5) is 4.93. The van der Waals surface area contributed by atoms with Crippen LogP contribution in [0.4, 0.5) is 4.39 Å². The van der Waals surface area contributed by atoms with Crippen LogP contribution in [0.5, 0.6) is 0 Å². The summed E-state index contributed by atoms with van der Waals surface area (Å²) in [7, 11) is 2.06. The zero-order valence-corrected chi connectivity index (χ0v) is 22.6. The lowest BCUT2D eigenvalue weighted by molar-refractivity contribution is 0.523. The molecule has 4 heteroatoms. The molecule has 1 aliphatic heterocycles. The number of aryl methyl sites for hydroxylation is 1. The largest absolute Gasteiger partial charge is 0.437 e. The molecule has 1 aromatic heterocycles. The van der Waals surface area contributed by atoms with E-state index < -0.39 is 0 Å². The summed E-state index contributed by atoms with van der Waals surface area (Å²) in [6, 6.07) is 43.9. The molecule has 3 nitrogen and oxygen atoms in total. The van der Waals surface area contributed by atoms with Gasteiger partial charge >= 0.3 is 0 Å². The molecule has 198 valence electrons. The van der Waals surface area contributed by atoms with Gasteiger partial charge in [-0.1, -0.05) is 97.1 Å². The van der Waals surface area contributed by atoms with Gasteiger partial charge in [-0.2, -0.15) is 0 Å². The number of hydrogen-bond acceptors (Lipinski definition) is 2. The second-order valence-corrected chi connectivity index (χ2v) is 10.1. The van der Waals surface area contributed by atoms with Gasteiger partial charge in [0.2, 0.25) is 5.90 Å². The molecule has 0 atom stereocenters. The number of nitrogens with zero attached hydrogens (tertiary/aromatic N) is 2. The van der Waals surface area contributed by atoms with Crippen LogP contribution in [-0.4, -0.2) is 10.5 Å². The lowest BCUT2D eigenvalue weighted by atomic mass is 9.90. The van der Waals surface area contributed by atoms with Gasteiger partial charge in [-0.25, -0.2) is 9.38 Å². The van der Waals surface area contributed by atoms with Crippen molar-refractivity contribution in [3.05, 3.63) is 167 Å². The predicted molar refractivity (Wildman–Crippen MR) is 165 cm³/mol. The summed E-state index contributed by atoms with van der Waals surface area (Å²) < 4.78 is 23.0. The minimum Gasteiger partial charge on any atom is -0.437 e. The first-order chi connectivity index (χ1) is 20.2. The first-order valence-corrected chi connectivity index (χ1v) is 13.7. The number of para-hydroxylation sites is 1. The lowest BCUT2D eigenvalue weighted by Crippen LogP contribution is -2.00. The van der Waals surface area contributed by atoms with Gasteiger partial charge in [-0.15, -0.1) is 0 Å². The van der Waals surface area contributed by atoms with Gasteiger partial charge in [0, 0.05) is 40.2 Å². The number of hydrogen-bond donors (Lipinski definition) is 0. The van der Waals surface area contributed by atoms with Crippen LogP contribution in [-0.2, 0) is 18.3 Å². The maximum absolute atomic E-state index is 14.0. The minimum atomic E-state index is -0.261. The monoisotopic (exact) mass is 534 g/mol. The lowest BCUT2D eigenvalue weighted by Gasteiger charge is -2.16. The number of aromatic nitrogens is 1. The van der Waals surface area contributed by atoms with Crippen LogP contribution in [0.25, 0.3) is 33.5 Å². The fourth-order valence-corrected chi connectivity index (χ4v) is 5.71. The van der Waals surface area contributed by atoms with Crippen LogP contribution in [0.1, 0.15) is 27.8 Å². The molecule has 0 radical (unpaired) electrons. The zero-order chi connectivity index (χ0) is 27.8. The molecule has 0 N–H and O–H groups in total. The summed E-state index contributed by atoms with van der Waals surface area (Å²) in [6.45, 7) is 0.521. The van der Waals surface area contributed by atoms with Crippen molar-refractivity contribution < 1.29 is 9.13 Å². The highest BCUT2D eigenvalue weighted by molar-refractivity contribution is 6.16. The Morgan fingerprint density at radius 2 is 1.34 bits per heavy atom. The van der Waals surface area contributed by atoms with Gasteiger partial charge in [-0.05, 0) is 53.1 Å². The smallest absolute Gasteiger partial charge is 0.223 e. The predicted octanol–water partition coefficient (Wildman–Crippen LogP) is 8.88. The van der Waals surface area contributed by atoms with Crippen LogP contribution >= 0.6 is 0 Å². The molecule has 0 amide bonds. The topological polar surface area (TPSA) is 26.5 Å². The summed E-state index contributed by atoms with van der Waals surface area (Å²) >= 11 is 0. The molecule has 1 aliphatic rings. The fourth-order valence-electron chi connectivity index (χ4n) is 5.71. The van der Waals surface area contributed by atoms with Gasteiger partial charge in [-0.3, -0.25) is 0 Å². The van der Waals surface area contributed by atoms with E-state index >= 15 is 0 Å². The number of fused-ring (bicyclic) bond motifs is 2. The summed E-state index contributed by atoms with van der Waals surface area (Å²) in [5.41, 5.74) is 9.13. The molecule has 6 aromatic rings. The number of ether oxygens (including phenoxy) is 1. The van der Waals surface area contributed by atoms with E-state index in [0.29, 0.717) is 12.4 Å². The molecule has 0 saturated carbocycles. The first kappa shape index (κ1) is 24.8. The Kier molecular flexibility index (Phi) is 6.29. The standard InChI is InChI=1S/C37H27FN2O/c1-40-32-19-11-10-18-31(32)34(35(40)27-20-22-28(38)23-21-27)33(26-14-6-3-7-15-26)36-29-16-8-9-17-30(29)37(41-36)39-24-25-12-4-2-5-13-25/h2-23H,24H2,1H3/b36-33-,39-37?. The average molecular weight is 535 g/mol. The van der Waals surface area contributed by atoms with Crippen molar-refractivity contribution in [3.63, 3.8) is 0 Å². The minimum absolute atomic E-state index is 0.261. The second-order valence-electron chi connectivity index (χ2n) is 10.1. The van der Waals surface area contributed by atoms with E-state index in [-0.39, 0.29) is 5.82 Å². The molecular weight excluding hydrogens is 507 g/mol. The molecule has 41 heavy (non-hydrogen) atoms. The van der Waals surface area contributed by atoms with Crippen molar-refractivity contribution in [2.24, 2.45) is 12.0 Å². The molecule has 0 fully saturated rings. The molecule has 7 rings (SSSR count). The number of halogens is 1. The van der Waals surface area contributed by atoms with Gasteiger partial charge < -0.3 is 9.30 Å².